The third kappa shape index (κ3) is 6.87. The number of carbonyl (C=O) groups is 2. The van der Waals surface area contributed by atoms with Crippen LogP contribution in [0.5, 0.6) is 11.5 Å². The molecule has 6 nitrogen and oxygen atoms in total. The van der Waals surface area contributed by atoms with E-state index in [0.717, 1.165) is 18.4 Å². The maximum atomic E-state index is 12.6. The van der Waals surface area contributed by atoms with E-state index < -0.39 is 12.3 Å². The molecule has 0 fully saturated rings. The lowest BCUT2D eigenvalue weighted by Gasteiger charge is -2.18. The molecule has 3 rings (SSSR count). The van der Waals surface area contributed by atoms with Gasteiger partial charge in [-0.25, -0.2) is 9.59 Å². The van der Waals surface area contributed by atoms with Crippen LogP contribution in [0.25, 0.3) is 21.5 Å². The summed E-state index contributed by atoms with van der Waals surface area (Å²) in [7, 11) is 0. The van der Waals surface area contributed by atoms with Crippen molar-refractivity contribution in [3.8, 4) is 11.5 Å². The first-order chi connectivity index (χ1) is 17.6. The normalized spacial score (nSPS) is 11.4. The summed E-state index contributed by atoms with van der Waals surface area (Å²) in [5.41, 5.74) is 0.957. The Morgan fingerprint density at radius 1 is 0.722 bits per heavy atom. The fraction of sp³-hybridized carbons (Fsp3) is 0.333. The SMILES string of the molecule is C/C=C/CCCOC(=O)Oc1c2ccccc2c(OC(=O)OCCC/C=C/C)c2c(CC)cccc12. The minimum Gasteiger partial charge on any atom is -0.434 e. The molecule has 36 heavy (non-hydrogen) atoms. The smallest absolute Gasteiger partial charge is 0.434 e. The first-order valence-corrected chi connectivity index (χ1v) is 12.5. The molecule has 0 aliphatic rings. The minimum atomic E-state index is -0.766. The van der Waals surface area contributed by atoms with Gasteiger partial charge in [0, 0.05) is 21.5 Å². The first-order valence-electron chi connectivity index (χ1n) is 12.5. The lowest BCUT2D eigenvalue weighted by molar-refractivity contribution is 0.0974. The molecule has 0 N–H and O–H groups in total. The van der Waals surface area contributed by atoms with Gasteiger partial charge in [0.1, 0.15) is 5.75 Å². The van der Waals surface area contributed by atoms with E-state index in [2.05, 4.69) is 0 Å². The number of rotatable bonds is 11. The van der Waals surface area contributed by atoms with E-state index in [-0.39, 0.29) is 13.2 Å². The van der Waals surface area contributed by atoms with Gasteiger partial charge in [-0.05, 0) is 51.5 Å². The lowest BCUT2D eigenvalue weighted by atomic mass is 9.96. The Bertz CT molecular complexity index is 1240. The van der Waals surface area contributed by atoms with E-state index in [1.54, 1.807) is 0 Å². The average molecular weight is 491 g/mol. The number of allylic oxidation sites excluding steroid dienone is 4. The summed E-state index contributed by atoms with van der Waals surface area (Å²) in [4.78, 5) is 25.2. The van der Waals surface area contributed by atoms with Crippen LogP contribution < -0.4 is 9.47 Å². The van der Waals surface area contributed by atoms with Crippen molar-refractivity contribution in [3.05, 3.63) is 72.3 Å². The monoisotopic (exact) mass is 490 g/mol. The largest absolute Gasteiger partial charge is 0.513 e. The number of unbranched alkanes of at least 4 members (excludes halogenated alkanes) is 2. The van der Waals surface area contributed by atoms with Crippen LogP contribution in [0, 0.1) is 0 Å². The Balaban J connectivity index is 1.96. The van der Waals surface area contributed by atoms with Crippen molar-refractivity contribution in [2.75, 3.05) is 13.2 Å². The summed E-state index contributed by atoms with van der Waals surface area (Å²) in [6.07, 6.45) is 10.2. The summed E-state index contributed by atoms with van der Waals surface area (Å²) in [6.45, 7) is 6.46. The molecule has 6 heteroatoms. The average Bonchev–Trinajstić information content (AvgIpc) is 2.89. The molecule has 0 atom stereocenters. The molecular weight excluding hydrogens is 456 g/mol. The zero-order valence-electron chi connectivity index (χ0n) is 21.3. The highest BCUT2D eigenvalue weighted by Gasteiger charge is 2.22. The molecule has 0 saturated carbocycles. The molecule has 190 valence electrons. The van der Waals surface area contributed by atoms with Gasteiger partial charge in [-0.2, -0.15) is 0 Å². The highest BCUT2D eigenvalue weighted by molar-refractivity contribution is 6.13. The van der Waals surface area contributed by atoms with Gasteiger partial charge < -0.3 is 18.9 Å². The molecule has 0 aliphatic heterocycles. The van der Waals surface area contributed by atoms with Gasteiger partial charge in [0.05, 0.1) is 13.2 Å². The maximum absolute atomic E-state index is 12.6. The van der Waals surface area contributed by atoms with Gasteiger partial charge >= 0.3 is 12.3 Å². The molecule has 0 spiro atoms. The van der Waals surface area contributed by atoms with Crippen LogP contribution in [0.4, 0.5) is 9.59 Å². The van der Waals surface area contributed by atoms with Crippen LogP contribution in [0.3, 0.4) is 0 Å². The molecule has 0 radical (unpaired) electrons. The van der Waals surface area contributed by atoms with Crippen LogP contribution in [0.2, 0.25) is 0 Å². The molecule has 0 saturated heterocycles. The van der Waals surface area contributed by atoms with Crippen LogP contribution in [-0.2, 0) is 15.9 Å². The number of carbonyl (C=O) groups excluding carboxylic acids is 2. The molecule has 0 bridgehead atoms. The zero-order valence-corrected chi connectivity index (χ0v) is 21.3. The Kier molecular flexibility index (Phi) is 10.4. The summed E-state index contributed by atoms with van der Waals surface area (Å²) < 4.78 is 22.2. The van der Waals surface area contributed by atoms with Crippen molar-refractivity contribution in [1.82, 2.24) is 0 Å². The number of ether oxygens (including phenoxy) is 4. The molecule has 0 heterocycles. The quantitative estimate of drug-likeness (QED) is 0.0885. The maximum Gasteiger partial charge on any atom is 0.513 e. The van der Waals surface area contributed by atoms with E-state index in [4.69, 9.17) is 18.9 Å². The Morgan fingerprint density at radius 2 is 1.25 bits per heavy atom. The third-order valence-corrected chi connectivity index (χ3v) is 5.73. The number of benzene rings is 3. The molecule has 0 aliphatic carbocycles. The van der Waals surface area contributed by atoms with Crippen molar-refractivity contribution in [3.63, 3.8) is 0 Å². The second-order valence-electron chi connectivity index (χ2n) is 8.22. The van der Waals surface area contributed by atoms with Crippen molar-refractivity contribution >= 4 is 33.9 Å². The molecular formula is C30H34O6. The Hall–Kier alpha value is -3.80. The number of fused-ring (bicyclic) bond motifs is 2. The van der Waals surface area contributed by atoms with Gasteiger partial charge in [-0.15, -0.1) is 0 Å². The lowest BCUT2D eigenvalue weighted by Crippen LogP contribution is -2.14. The number of hydrogen-bond donors (Lipinski definition) is 0. The van der Waals surface area contributed by atoms with Gasteiger partial charge in [-0.1, -0.05) is 73.7 Å². The van der Waals surface area contributed by atoms with Gasteiger partial charge in [0.2, 0.25) is 0 Å². The van der Waals surface area contributed by atoms with E-state index >= 15 is 0 Å². The van der Waals surface area contributed by atoms with Gasteiger partial charge in [0.15, 0.2) is 5.75 Å². The molecule has 3 aromatic carbocycles. The highest BCUT2D eigenvalue weighted by atomic mass is 16.7. The summed E-state index contributed by atoms with van der Waals surface area (Å²) in [5, 5.41) is 2.66. The second kappa shape index (κ2) is 13.9. The number of hydrogen-bond acceptors (Lipinski definition) is 6. The van der Waals surface area contributed by atoms with Gasteiger partial charge in [-0.3, -0.25) is 0 Å². The van der Waals surface area contributed by atoms with Crippen LogP contribution in [0.1, 0.15) is 52.0 Å². The standard InChI is InChI=1S/C30H34O6/c1-4-7-9-13-20-33-29(31)35-27-23-17-11-12-18-24(23)28(26-22(6-3)16-15-19-25(26)27)36-30(32)34-21-14-10-8-5-2/h4-5,7-8,11-12,15-19H,6,9-10,13-14,20-21H2,1-3H3/b7-4+,8-5+. The van der Waals surface area contributed by atoms with E-state index in [1.165, 1.54) is 0 Å². The Morgan fingerprint density at radius 3 is 1.81 bits per heavy atom. The first kappa shape index (κ1) is 26.8. The highest BCUT2D eigenvalue weighted by Crippen LogP contribution is 2.44. The van der Waals surface area contributed by atoms with E-state index in [0.29, 0.717) is 52.3 Å². The zero-order chi connectivity index (χ0) is 25.8. The van der Waals surface area contributed by atoms with Crippen molar-refractivity contribution in [1.29, 1.82) is 0 Å². The predicted molar refractivity (Wildman–Crippen MR) is 143 cm³/mol. The van der Waals surface area contributed by atoms with Crippen LogP contribution in [-0.4, -0.2) is 25.5 Å². The van der Waals surface area contributed by atoms with Crippen LogP contribution >= 0.6 is 0 Å². The molecule has 0 aromatic heterocycles. The second-order valence-corrected chi connectivity index (χ2v) is 8.22. The summed E-state index contributed by atoms with van der Waals surface area (Å²) in [5.74, 6) is 0.769. The summed E-state index contributed by atoms with van der Waals surface area (Å²) >= 11 is 0. The fourth-order valence-electron chi connectivity index (χ4n) is 4.00. The molecule has 0 amide bonds. The Labute approximate surface area is 212 Å². The fourth-order valence-corrected chi connectivity index (χ4v) is 4.00. The van der Waals surface area contributed by atoms with E-state index in [1.807, 2.05) is 87.5 Å². The van der Waals surface area contributed by atoms with E-state index in [9.17, 15) is 9.59 Å². The third-order valence-electron chi connectivity index (χ3n) is 5.73. The van der Waals surface area contributed by atoms with Gasteiger partial charge in [0.25, 0.3) is 0 Å². The van der Waals surface area contributed by atoms with Crippen molar-refractivity contribution in [2.45, 2.75) is 52.9 Å². The number of aryl methyl sites for hydroxylation is 1. The minimum absolute atomic E-state index is 0.264. The molecule has 0 unspecified atom stereocenters. The van der Waals surface area contributed by atoms with Crippen molar-refractivity contribution < 1.29 is 28.5 Å². The predicted octanol–water partition coefficient (Wildman–Crippen LogP) is 8.30. The van der Waals surface area contributed by atoms with Crippen LogP contribution in [0.15, 0.2) is 66.8 Å². The van der Waals surface area contributed by atoms with Crippen molar-refractivity contribution in [2.24, 2.45) is 0 Å². The summed E-state index contributed by atoms with van der Waals surface area (Å²) in [6, 6.07) is 13.1. The molecule has 3 aromatic rings. The topological polar surface area (TPSA) is 71.1 Å².